The molecule has 0 spiro atoms. The summed E-state index contributed by atoms with van der Waals surface area (Å²) in [4.78, 5) is 0. The van der Waals surface area contributed by atoms with E-state index in [1.54, 1.807) is 42.5 Å². The van der Waals surface area contributed by atoms with Gasteiger partial charge in [0, 0.05) is 11.4 Å². The Kier molecular flexibility index (Phi) is 5.65. The molecule has 168 valence electrons. The van der Waals surface area contributed by atoms with Crippen LogP contribution in [0.5, 0.6) is 5.75 Å². The SMILES string of the molecule is [2H]C1([2H])C[C@H](Oc2ccc(Cc3cc([C@@H]4O[C@H](CO)[C@@H](O)[C@H](O)[C@H]4O)ccc3Cl)cc2)C([2H])([2H])O1. The van der Waals surface area contributed by atoms with Crippen LogP contribution in [0.25, 0.3) is 0 Å². The fourth-order valence-electron chi connectivity index (χ4n) is 3.69. The van der Waals surface area contributed by atoms with Crippen LogP contribution in [0, 0.1) is 0 Å². The van der Waals surface area contributed by atoms with Gasteiger partial charge < -0.3 is 34.6 Å². The molecule has 0 amide bonds. The molecule has 7 nitrogen and oxygen atoms in total. The van der Waals surface area contributed by atoms with E-state index in [1.165, 1.54) is 0 Å². The molecule has 0 radical (unpaired) electrons. The van der Waals surface area contributed by atoms with E-state index >= 15 is 0 Å². The van der Waals surface area contributed by atoms with Crippen molar-refractivity contribution in [3.8, 4) is 5.75 Å². The van der Waals surface area contributed by atoms with Gasteiger partial charge in [-0.25, -0.2) is 0 Å². The number of hydrogen-bond acceptors (Lipinski definition) is 7. The Hall–Kier alpha value is -1.71. The van der Waals surface area contributed by atoms with E-state index in [9.17, 15) is 20.4 Å². The third-order valence-corrected chi connectivity index (χ3v) is 5.79. The lowest BCUT2D eigenvalue weighted by atomic mass is 9.90. The van der Waals surface area contributed by atoms with Gasteiger partial charge in [-0.2, -0.15) is 0 Å². The highest BCUT2D eigenvalue weighted by molar-refractivity contribution is 6.31. The minimum absolute atomic E-state index is 0.234. The summed E-state index contributed by atoms with van der Waals surface area (Å²) in [6.45, 7) is -4.87. The third kappa shape index (κ3) is 5.04. The number of hydrogen-bond donors (Lipinski definition) is 4. The molecule has 8 heteroatoms. The predicted molar refractivity (Wildman–Crippen MR) is 113 cm³/mol. The Morgan fingerprint density at radius 2 is 1.84 bits per heavy atom. The number of ether oxygens (including phenoxy) is 3. The van der Waals surface area contributed by atoms with Crippen LogP contribution in [0.2, 0.25) is 5.02 Å². The number of aliphatic hydroxyl groups is 4. The van der Waals surface area contributed by atoms with Gasteiger partial charge >= 0.3 is 0 Å². The maximum atomic E-state index is 10.4. The molecule has 0 aromatic heterocycles. The maximum Gasteiger partial charge on any atom is 0.124 e. The molecule has 31 heavy (non-hydrogen) atoms. The van der Waals surface area contributed by atoms with Gasteiger partial charge in [0.25, 0.3) is 0 Å². The van der Waals surface area contributed by atoms with E-state index in [4.69, 9.17) is 31.3 Å². The van der Waals surface area contributed by atoms with Gasteiger partial charge in [0.1, 0.15) is 42.4 Å². The monoisotopic (exact) mass is 454 g/mol. The Bertz CT molecular complexity index is 1040. The highest BCUT2D eigenvalue weighted by Crippen LogP contribution is 2.34. The normalized spacial score (nSPS) is 36.2. The van der Waals surface area contributed by atoms with Crippen molar-refractivity contribution in [2.45, 2.75) is 49.5 Å². The minimum Gasteiger partial charge on any atom is -0.488 e. The lowest BCUT2D eigenvalue weighted by molar-refractivity contribution is -0.231. The molecule has 0 bridgehead atoms. The van der Waals surface area contributed by atoms with Crippen molar-refractivity contribution in [1.82, 2.24) is 0 Å². The average molecular weight is 455 g/mol. The van der Waals surface area contributed by atoms with Crippen molar-refractivity contribution in [3.63, 3.8) is 0 Å². The molecule has 2 aliphatic heterocycles. The molecule has 4 N–H and O–H groups in total. The molecule has 0 unspecified atom stereocenters. The number of rotatable bonds is 6. The second kappa shape index (κ2) is 9.83. The van der Waals surface area contributed by atoms with Crippen molar-refractivity contribution >= 4 is 11.6 Å². The van der Waals surface area contributed by atoms with Gasteiger partial charge in [-0.3, -0.25) is 0 Å². The maximum absolute atomic E-state index is 10.4. The largest absolute Gasteiger partial charge is 0.488 e. The topological polar surface area (TPSA) is 109 Å². The summed E-state index contributed by atoms with van der Waals surface area (Å²) in [7, 11) is 0. The van der Waals surface area contributed by atoms with Crippen molar-refractivity contribution in [3.05, 3.63) is 64.2 Å². The Morgan fingerprint density at radius 1 is 1.06 bits per heavy atom. The fourth-order valence-corrected chi connectivity index (χ4v) is 3.87. The second-order valence-electron chi connectivity index (χ2n) is 7.60. The standard InChI is InChI=1S/C23H27ClO7/c24-18-6-3-14(23-22(28)21(27)20(26)19(11-25)31-23)10-15(18)9-13-1-4-16(5-2-13)30-17-7-8-29-12-17/h1-6,10,17,19-23,25-28H,7-9,11-12H2/t17-,19+,20+,21-,22+,23-/m0/s1/i8D2,12D2. The summed E-state index contributed by atoms with van der Waals surface area (Å²) in [5, 5.41) is 40.4. The van der Waals surface area contributed by atoms with Crippen molar-refractivity contribution in [2.75, 3.05) is 19.7 Å². The third-order valence-electron chi connectivity index (χ3n) is 5.42. The molecule has 2 aliphatic rings. The second-order valence-corrected chi connectivity index (χ2v) is 8.00. The molecular weight excluding hydrogens is 424 g/mol. The minimum atomic E-state index is -2.25. The fraction of sp³-hybridized carbons (Fsp3) is 0.478. The summed E-state index contributed by atoms with van der Waals surface area (Å²) < 4.78 is 46.9. The van der Waals surface area contributed by atoms with Gasteiger partial charge in [0.05, 0.1) is 25.2 Å². The van der Waals surface area contributed by atoms with Gasteiger partial charge in [-0.15, -0.1) is 0 Å². The van der Waals surface area contributed by atoms with Gasteiger partial charge in [0.2, 0.25) is 0 Å². The molecule has 2 heterocycles. The number of benzene rings is 2. The lowest BCUT2D eigenvalue weighted by Crippen LogP contribution is -2.55. The zero-order valence-corrected chi connectivity index (χ0v) is 17.3. The van der Waals surface area contributed by atoms with Gasteiger partial charge in [0.15, 0.2) is 0 Å². The van der Waals surface area contributed by atoms with E-state index < -0.39 is 56.3 Å². The summed E-state index contributed by atoms with van der Waals surface area (Å²) in [6.07, 6.45) is -7.23. The smallest absolute Gasteiger partial charge is 0.124 e. The molecule has 0 aliphatic carbocycles. The van der Waals surface area contributed by atoms with E-state index in [1.807, 2.05) is 0 Å². The first-order chi connectivity index (χ1) is 16.4. The summed E-state index contributed by atoms with van der Waals surface area (Å²) in [6, 6.07) is 11.8. The first-order valence-corrected chi connectivity index (χ1v) is 10.3. The van der Waals surface area contributed by atoms with Crippen LogP contribution in [-0.4, -0.2) is 70.7 Å². The molecule has 4 rings (SSSR count). The van der Waals surface area contributed by atoms with E-state index in [2.05, 4.69) is 0 Å². The molecule has 2 aromatic rings. The molecule has 2 saturated heterocycles. The zero-order valence-electron chi connectivity index (χ0n) is 20.5. The van der Waals surface area contributed by atoms with E-state index in [0.717, 1.165) is 5.56 Å². The van der Waals surface area contributed by atoms with Crippen LogP contribution in [0.4, 0.5) is 0 Å². The summed E-state index contributed by atoms with van der Waals surface area (Å²) >= 11 is 6.38. The number of halogens is 1. The summed E-state index contributed by atoms with van der Waals surface area (Å²) in [5.74, 6) is 0.366. The Balaban J connectivity index is 1.48. The molecule has 0 saturated carbocycles. The molecule has 6 atom stereocenters. The Morgan fingerprint density at radius 3 is 2.52 bits per heavy atom. The highest BCUT2D eigenvalue weighted by Gasteiger charge is 2.44. The lowest BCUT2D eigenvalue weighted by Gasteiger charge is -2.40. The first kappa shape index (κ1) is 17.8. The van der Waals surface area contributed by atoms with Crippen LogP contribution in [0.3, 0.4) is 0 Å². The zero-order chi connectivity index (χ0) is 25.5. The molecule has 2 fully saturated rings. The number of aliphatic hydroxyl groups excluding tert-OH is 4. The molecule has 2 aromatic carbocycles. The van der Waals surface area contributed by atoms with Gasteiger partial charge in [-0.1, -0.05) is 35.9 Å². The van der Waals surface area contributed by atoms with Crippen molar-refractivity contribution < 1.29 is 40.1 Å². The first-order valence-electron chi connectivity index (χ1n) is 11.9. The van der Waals surface area contributed by atoms with E-state index in [0.29, 0.717) is 28.3 Å². The van der Waals surface area contributed by atoms with Crippen molar-refractivity contribution in [1.29, 1.82) is 0 Å². The van der Waals surface area contributed by atoms with Crippen LogP contribution in [0.1, 0.15) is 34.7 Å². The van der Waals surface area contributed by atoms with Crippen molar-refractivity contribution in [2.24, 2.45) is 0 Å². The Labute approximate surface area is 191 Å². The summed E-state index contributed by atoms with van der Waals surface area (Å²) in [5.41, 5.74) is 2.09. The van der Waals surface area contributed by atoms with Crippen LogP contribution in [-0.2, 0) is 15.9 Å². The highest BCUT2D eigenvalue weighted by atomic mass is 35.5. The van der Waals surface area contributed by atoms with Crippen LogP contribution < -0.4 is 4.74 Å². The average Bonchev–Trinajstić information content (AvgIpc) is 3.01. The molecular formula is C23H27ClO7. The quantitative estimate of drug-likeness (QED) is 0.525. The predicted octanol–water partition coefficient (Wildman–Crippen LogP) is 1.61. The van der Waals surface area contributed by atoms with Gasteiger partial charge in [-0.05, 0) is 41.3 Å². The van der Waals surface area contributed by atoms with Crippen LogP contribution in [0.15, 0.2) is 42.5 Å². The van der Waals surface area contributed by atoms with Crippen LogP contribution >= 0.6 is 11.6 Å². The van der Waals surface area contributed by atoms with E-state index in [-0.39, 0.29) is 6.42 Å².